The number of benzene rings is 1. The highest BCUT2D eigenvalue weighted by Crippen LogP contribution is 2.23. The fourth-order valence-electron chi connectivity index (χ4n) is 1.62. The average molecular weight is 306 g/mol. The molecule has 1 atom stereocenters. The number of tetrazole rings is 1. The SMILES string of the molecule is CCCCOC(=O)C(C)Sc1nnnn1-c1ccccc1. The molecule has 1 aromatic heterocycles. The molecule has 1 unspecified atom stereocenters. The number of hydrogen-bond acceptors (Lipinski definition) is 6. The number of aromatic nitrogens is 4. The molecule has 0 N–H and O–H groups in total. The molecule has 0 spiro atoms. The van der Waals surface area contributed by atoms with Gasteiger partial charge in [0, 0.05) is 0 Å². The number of ether oxygens (including phenoxy) is 1. The van der Waals surface area contributed by atoms with Crippen molar-refractivity contribution in [2.24, 2.45) is 0 Å². The van der Waals surface area contributed by atoms with Crippen LogP contribution in [0.2, 0.25) is 0 Å². The first kappa shape index (κ1) is 15.5. The van der Waals surface area contributed by atoms with Gasteiger partial charge in [0.1, 0.15) is 5.25 Å². The van der Waals surface area contributed by atoms with Crippen LogP contribution < -0.4 is 0 Å². The average Bonchev–Trinajstić information content (AvgIpc) is 2.96. The van der Waals surface area contributed by atoms with Crippen molar-refractivity contribution in [3.05, 3.63) is 30.3 Å². The Kier molecular flexibility index (Phi) is 5.74. The monoisotopic (exact) mass is 306 g/mol. The predicted octanol–water partition coefficient (Wildman–Crippen LogP) is 2.49. The molecule has 0 saturated carbocycles. The second-order valence-corrected chi connectivity index (χ2v) is 5.80. The Morgan fingerprint density at radius 3 is 2.86 bits per heavy atom. The normalized spacial score (nSPS) is 12.1. The Balaban J connectivity index is 2.00. The molecule has 0 fully saturated rings. The minimum absolute atomic E-state index is 0.240. The fourth-order valence-corrected chi connectivity index (χ4v) is 2.43. The molecule has 2 rings (SSSR count). The lowest BCUT2D eigenvalue weighted by molar-refractivity contribution is -0.142. The lowest BCUT2D eigenvalue weighted by atomic mass is 10.3. The maximum Gasteiger partial charge on any atom is 0.319 e. The number of unbranched alkanes of at least 4 members (excludes halogenated alkanes) is 1. The van der Waals surface area contributed by atoms with Gasteiger partial charge in [-0.1, -0.05) is 43.3 Å². The Bertz CT molecular complexity index is 573. The highest BCUT2D eigenvalue weighted by Gasteiger charge is 2.20. The smallest absolute Gasteiger partial charge is 0.319 e. The standard InChI is InChI=1S/C14H18N4O2S/c1-3-4-10-20-13(19)11(2)21-14-15-16-17-18(14)12-8-6-5-7-9-12/h5-9,11H,3-4,10H2,1-2H3. The van der Waals surface area contributed by atoms with Crippen molar-refractivity contribution in [3.8, 4) is 5.69 Å². The highest BCUT2D eigenvalue weighted by molar-refractivity contribution is 8.00. The van der Waals surface area contributed by atoms with Crippen LogP contribution in [-0.4, -0.2) is 38.0 Å². The van der Waals surface area contributed by atoms with E-state index in [1.165, 1.54) is 11.8 Å². The maximum absolute atomic E-state index is 11.9. The lowest BCUT2D eigenvalue weighted by Gasteiger charge is -2.10. The molecule has 6 nitrogen and oxygen atoms in total. The number of thioether (sulfide) groups is 1. The number of rotatable bonds is 7. The summed E-state index contributed by atoms with van der Waals surface area (Å²) in [5.74, 6) is -0.240. The summed E-state index contributed by atoms with van der Waals surface area (Å²) < 4.78 is 6.81. The zero-order valence-electron chi connectivity index (χ0n) is 12.1. The summed E-state index contributed by atoms with van der Waals surface area (Å²) >= 11 is 1.29. The van der Waals surface area contributed by atoms with Gasteiger partial charge in [0.2, 0.25) is 5.16 Å². The molecule has 0 aliphatic heterocycles. The number of para-hydroxylation sites is 1. The maximum atomic E-state index is 11.9. The van der Waals surface area contributed by atoms with Crippen LogP contribution in [0.3, 0.4) is 0 Å². The molecular weight excluding hydrogens is 288 g/mol. The van der Waals surface area contributed by atoms with Gasteiger partial charge in [0.15, 0.2) is 0 Å². The summed E-state index contributed by atoms with van der Waals surface area (Å²) in [7, 11) is 0. The molecule has 0 aliphatic rings. The van der Waals surface area contributed by atoms with E-state index < -0.39 is 0 Å². The Morgan fingerprint density at radius 2 is 2.14 bits per heavy atom. The van der Waals surface area contributed by atoms with Gasteiger partial charge in [0.05, 0.1) is 12.3 Å². The number of nitrogens with zero attached hydrogens (tertiary/aromatic N) is 4. The van der Waals surface area contributed by atoms with E-state index in [-0.39, 0.29) is 11.2 Å². The Hall–Kier alpha value is -1.89. The zero-order chi connectivity index (χ0) is 15.1. The van der Waals surface area contributed by atoms with Crippen LogP contribution in [0.4, 0.5) is 0 Å². The van der Waals surface area contributed by atoms with Crippen molar-refractivity contribution in [2.45, 2.75) is 37.1 Å². The number of carbonyl (C=O) groups is 1. The molecular formula is C14H18N4O2S. The van der Waals surface area contributed by atoms with Gasteiger partial charge in [-0.15, -0.1) is 5.10 Å². The van der Waals surface area contributed by atoms with Gasteiger partial charge < -0.3 is 4.74 Å². The minimum Gasteiger partial charge on any atom is -0.465 e. The number of esters is 1. The van der Waals surface area contributed by atoms with E-state index in [1.54, 1.807) is 11.6 Å². The van der Waals surface area contributed by atoms with Crippen LogP contribution >= 0.6 is 11.8 Å². The van der Waals surface area contributed by atoms with E-state index in [4.69, 9.17) is 4.74 Å². The van der Waals surface area contributed by atoms with Gasteiger partial charge in [-0.25, -0.2) is 0 Å². The summed E-state index contributed by atoms with van der Waals surface area (Å²) in [6.45, 7) is 4.31. The van der Waals surface area contributed by atoms with Crippen LogP contribution in [0.5, 0.6) is 0 Å². The van der Waals surface area contributed by atoms with E-state index in [0.29, 0.717) is 11.8 Å². The molecule has 7 heteroatoms. The second kappa shape index (κ2) is 7.78. The predicted molar refractivity (Wildman–Crippen MR) is 80.3 cm³/mol. The van der Waals surface area contributed by atoms with E-state index >= 15 is 0 Å². The first-order valence-electron chi connectivity index (χ1n) is 6.89. The van der Waals surface area contributed by atoms with Crippen LogP contribution in [0.25, 0.3) is 5.69 Å². The second-order valence-electron chi connectivity index (χ2n) is 4.49. The summed E-state index contributed by atoms with van der Waals surface area (Å²) in [4.78, 5) is 11.9. The van der Waals surface area contributed by atoms with Crippen LogP contribution in [0.15, 0.2) is 35.5 Å². The van der Waals surface area contributed by atoms with Crippen LogP contribution in [0, 0.1) is 0 Å². The first-order valence-corrected chi connectivity index (χ1v) is 7.77. The first-order chi connectivity index (χ1) is 10.2. The van der Waals surface area contributed by atoms with E-state index in [9.17, 15) is 4.79 Å². The molecule has 0 radical (unpaired) electrons. The molecule has 1 heterocycles. The fraction of sp³-hybridized carbons (Fsp3) is 0.429. The van der Waals surface area contributed by atoms with Gasteiger partial charge in [0.25, 0.3) is 0 Å². The lowest BCUT2D eigenvalue weighted by Crippen LogP contribution is -2.18. The molecule has 1 aromatic carbocycles. The van der Waals surface area contributed by atoms with Crippen molar-refractivity contribution in [1.82, 2.24) is 20.2 Å². The van der Waals surface area contributed by atoms with Crippen molar-refractivity contribution in [1.29, 1.82) is 0 Å². The van der Waals surface area contributed by atoms with Crippen molar-refractivity contribution in [2.75, 3.05) is 6.61 Å². The molecule has 0 saturated heterocycles. The van der Waals surface area contributed by atoms with Gasteiger partial charge in [-0.3, -0.25) is 4.79 Å². The molecule has 2 aromatic rings. The number of hydrogen-bond donors (Lipinski definition) is 0. The summed E-state index contributed by atoms with van der Waals surface area (Å²) in [5.41, 5.74) is 0.858. The van der Waals surface area contributed by atoms with Crippen molar-refractivity contribution < 1.29 is 9.53 Å². The van der Waals surface area contributed by atoms with Gasteiger partial charge >= 0.3 is 5.97 Å². The van der Waals surface area contributed by atoms with Crippen molar-refractivity contribution >= 4 is 17.7 Å². The van der Waals surface area contributed by atoms with E-state index in [0.717, 1.165) is 18.5 Å². The summed E-state index contributed by atoms with van der Waals surface area (Å²) in [6, 6.07) is 9.56. The Morgan fingerprint density at radius 1 is 1.38 bits per heavy atom. The van der Waals surface area contributed by atoms with E-state index in [1.807, 2.05) is 30.3 Å². The highest BCUT2D eigenvalue weighted by atomic mass is 32.2. The van der Waals surface area contributed by atoms with Gasteiger partial charge in [-0.2, -0.15) is 4.68 Å². The third-order valence-electron chi connectivity index (χ3n) is 2.80. The van der Waals surface area contributed by atoms with Gasteiger partial charge in [-0.05, 0) is 35.9 Å². The van der Waals surface area contributed by atoms with Crippen LogP contribution in [0.1, 0.15) is 26.7 Å². The molecule has 0 aliphatic carbocycles. The molecule has 0 amide bonds. The molecule has 112 valence electrons. The van der Waals surface area contributed by atoms with Crippen molar-refractivity contribution in [3.63, 3.8) is 0 Å². The van der Waals surface area contributed by atoms with Crippen LogP contribution in [-0.2, 0) is 9.53 Å². The quantitative estimate of drug-likeness (QED) is 0.445. The summed E-state index contributed by atoms with van der Waals surface area (Å²) in [6.07, 6.45) is 1.88. The zero-order valence-corrected chi connectivity index (χ0v) is 12.9. The third-order valence-corrected chi connectivity index (χ3v) is 3.81. The molecule has 0 bridgehead atoms. The topological polar surface area (TPSA) is 69.9 Å². The van der Waals surface area contributed by atoms with E-state index in [2.05, 4.69) is 22.4 Å². The largest absolute Gasteiger partial charge is 0.465 e. The molecule has 21 heavy (non-hydrogen) atoms. The summed E-state index contributed by atoms with van der Waals surface area (Å²) in [5, 5.41) is 11.8. The third kappa shape index (κ3) is 4.29. The number of carbonyl (C=O) groups excluding carboxylic acids is 1. The minimum atomic E-state index is -0.352. The Labute approximate surface area is 127 Å².